The van der Waals surface area contributed by atoms with Crippen LogP contribution in [0.1, 0.15) is 0 Å². The van der Waals surface area contributed by atoms with Gasteiger partial charge >= 0.3 is 34.7 Å². The van der Waals surface area contributed by atoms with Gasteiger partial charge in [0.15, 0.2) is 0 Å². The van der Waals surface area contributed by atoms with E-state index in [0.717, 1.165) is 6.23 Å². The van der Waals surface area contributed by atoms with Crippen molar-refractivity contribution >= 4 is 57.6 Å². The quantitative estimate of drug-likeness (QED) is 0.424. The first-order chi connectivity index (χ1) is 10.5. The number of hydrogen-bond acceptors (Lipinski definition) is 6. The molecule has 0 radical (unpaired) electrons. The fraction of sp³-hybridized carbons (Fsp3) is 0.917. The Morgan fingerprint density at radius 2 is 0.875 bits per heavy atom. The molecule has 0 atom stereocenters. The van der Waals surface area contributed by atoms with Gasteiger partial charge in [-0.1, -0.05) is 13.1 Å². The second-order valence-corrected chi connectivity index (χ2v) is 27.9. The second kappa shape index (κ2) is 7.51. The molecule has 0 aromatic carbocycles. The fourth-order valence-corrected chi connectivity index (χ4v) is 21.3. The first-order valence-corrected chi connectivity index (χ1v) is 24.1. The van der Waals surface area contributed by atoms with E-state index in [1.807, 2.05) is 13.1 Å². The van der Waals surface area contributed by atoms with Gasteiger partial charge in [-0.05, 0) is 47.7 Å². The van der Waals surface area contributed by atoms with E-state index < -0.39 is 43.0 Å². The van der Waals surface area contributed by atoms with E-state index in [2.05, 4.69) is 58.6 Å². The lowest BCUT2D eigenvalue weighted by Crippen LogP contribution is -2.86. The molecule has 24 heavy (non-hydrogen) atoms. The predicted molar refractivity (Wildman–Crippen MR) is 112 cm³/mol. The Bertz CT molecular complexity index is 419. The molecule has 5 rings (SSSR count). The smallest absolute Gasteiger partial charge is 0.416 e. The third kappa shape index (κ3) is 8.54. The molecule has 0 N–H and O–H groups in total. The molecule has 0 aromatic heterocycles. The van der Waals surface area contributed by atoms with Crippen molar-refractivity contribution in [1.29, 1.82) is 0 Å². The van der Waals surface area contributed by atoms with Crippen molar-refractivity contribution in [3.8, 4) is 0 Å². The van der Waals surface area contributed by atoms with E-state index in [4.69, 9.17) is 25.0 Å². The van der Waals surface area contributed by atoms with Crippen LogP contribution in [0.15, 0.2) is 0 Å². The zero-order valence-electron chi connectivity index (χ0n) is 16.9. The average Bonchev–Trinajstić information content (AvgIpc) is 2.86. The highest BCUT2D eigenvalue weighted by atomic mass is 28.6. The summed E-state index contributed by atoms with van der Waals surface area (Å²) in [5.41, 5.74) is 0. The lowest BCUT2D eigenvalue weighted by molar-refractivity contribution is -0.0217. The van der Waals surface area contributed by atoms with E-state index in [9.17, 15) is 0 Å². The summed E-state index contributed by atoms with van der Waals surface area (Å²) in [4.78, 5) is 0. The van der Waals surface area contributed by atoms with Crippen LogP contribution in [-0.4, -0.2) is 63.9 Å². The molecule has 12 heteroatoms. The first-order valence-electron chi connectivity index (χ1n) is 8.24. The summed E-state index contributed by atoms with van der Waals surface area (Å²) in [6.45, 7) is 20.9. The zero-order chi connectivity index (χ0) is 19.0. The maximum Gasteiger partial charge on any atom is 0.475 e. The van der Waals surface area contributed by atoms with Gasteiger partial charge in [0.1, 0.15) is 0 Å². The number of rotatable bonds is 0. The van der Waals surface area contributed by atoms with Gasteiger partial charge in [-0.2, -0.15) is 0 Å². The van der Waals surface area contributed by atoms with Crippen molar-refractivity contribution in [3.05, 3.63) is 0 Å². The maximum absolute atomic E-state index is 5.57. The van der Waals surface area contributed by atoms with Gasteiger partial charge in [-0.15, -0.1) is 6.17 Å². The van der Waals surface area contributed by atoms with Gasteiger partial charge in [0.25, 0.3) is 0 Å². The topological polar surface area (TPSA) is 58.7 Å². The van der Waals surface area contributed by atoms with Gasteiger partial charge in [0.05, 0.1) is 6.23 Å². The summed E-state index contributed by atoms with van der Waals surface area (Å²) in [7, 11) is -7.67. The largest absolute Gasteiger partial charge is 0.475 e. The van der Waals surface area contributed by atoms with Crippen LogP contribution in [0.2, 0.25) is 65.5 Å². The third-order valence-electron chi connectivity index (χ3n) is 2.82. The van der Waals surface area contributed by atoms with Gasteiger partial charge in [-0.3, -0.25) is 0 Å². The molecule has 5 heterocycles. The van der Waals surface area contributed by atoms with E-state index in [1.54, 1.807) is 0 Å². The van der Waals surface area contributed by atoms with Crippen LogP contribution in [0.25, 0.3) is 0 Å². The monoisotopic (exact) mass is 442 g/mol. The van der Waals surface area contributed by atoms with Crippen LogP contribution < -0.4 is 0 Å². The molecule has 5 aliphatic heterocycles. The molecular formula is C12H34O6Si6. The van der Waals surface area contributed by atoms with Gasteiger partial charge < -0.3 is 25.0 Å². The molecule has 5 aliphatic rings. The average molecular weight is 443 g/mol. The molecule has 6 nitrogen and oxygen atoms in total. The van der Waals surface area contributed by atoms with E-state index >= 15 is 0 Å². The molecule has 142 valence electrons. The molecular weight excluding hydrogens is 409 g/mol. The zero-order valence-corrected chi connectivity index (χ0v) is 22.9. The molecule has 5 saturated heterocycles. The minimum Gasteiger partial charge on any atom is -0.416 e. The normalized spacial score (nSPS) is 37.1. The van der Waals surface area contributed by atoms with Crippen LogP contribution in [0.5, 0.6) is 0 Å². The Kier molecular flexibility index (Phi) is 7.19. The minimum atomic E-state index is -1.82. The van der Waals surface area contributed by atoms with Crippen molar-refractivity contribution in [1.82, 2.24) is 0 Å². The summed E-state index contributed by atoms with van der Waals surface area (Å²) < 4.78 is 31.9. The van der Waals surface area contributed by atoms with Crippen molar-refractivity contribution in [2.24, 2.45) is 0 Å². The molecule has 5 fully saturated rings. The highest BCUT2D eigenvalue weighted by molar-refractivity contribution is 7.00. The molecule has 0 unspecified atom stereocenters. The summed E-state index contributed by atoms with van der Waals surface area (Å²) in [6, 6.07) is 0. The maximum atomic E-state index is 5.57. The van der Waals surface area contributed by atoms with E-state index in [0.29, 0.717) is 0 Å². The lowest BCUT2D eigenvalue weighted by atomic mass is 11.7. The summed E-state index contributed by atoms with van der Waals surface area (Å²) >= 11 is 0. The SMILES string of the molecule is C=[Si](C)C.C[Si]1(C)CO1.C[Si]1(C)O[Si](C)(C)O1.C[Si]12O[Si](C)(O1)O2. The Morgan fingerprint density at radius 3 is 0.875 bits per heavy atom. The molecule has 0 aromatic rings. The summed E-state index contributed by atoms with van der Waals surface area (Å²) in [5, 5.41) is 0. The highest BCUT2D eigenvalue weighted by Crippen LogP contribution is 2.45. The Morgan fingerprint density at radius 1 is 0.667 bits per heavy atom. The van der Waals surface area contributed by atoms with Crippen molar-refractivity contribution in [2.45, 2.75) is 65.5 Å². The lowest BCUT2D eigenvalue weighted by Gasteiger charge is -2.60. The van der Waals surface area contributed by atoms with Crippen LogP contribution in [0.3, 0.4) is 0 Å². The van der Waals surface area contributed by atoms with Crippen LogP contribution in [-0.2, 0) is 25.0 Å². The van der Waals surface area contributed by atoms with E-state index in [-0.39, 0.29) is 8.41 Å². The fourth-order valence-electron chi connectivity index (χ4n) is 2.37. The second-order valence-electron chi connectivity index (χ2n) is 8.29. The van der Waals surface area contributed by atoms with Crippen LogP contribution >= 0.6 is 0 Å². The van der Waals surface area contributed by atoms with Crippen LogP contribution in [0, 0.1) is 0 Å². The molecule has 0 aliphatic carbocycles. The predicted octanol–water partition coefficient (Wildman–Crippen LogP) is 3.15. The van der Waals surface area contributed by atoms with Gasteiger partial charge in [0, 0.05) is 13.1 Å². The minimum absolute atomic E-state index is 0.130. The number of hydrogen-bond donors (Lipinski definition) is 0. The summed E-state index contributed by atoms with van der Waals surface area (Å²) in [5.74, 6) is 0. The van der Waals surface area contributed by atoms with E-state index in [1.165, 1.54) is 0 Å². The molecule has 0 spiro atoms. The Hall–Kier alpha value is 0.931. The molecule has 0 saturated carbocycles. The van der Waals surface area contributed by atoms with Crippen molar-refractivity contribution in [2.75, 3.05) is 6.23 Å². The van der Waals surface area contributed by atoms with Crippen LogP contribution in [0.4, 0.5) is 0 Å². The van der Waals surface area contributed by atoms with Crippen molar-refractivity contribution in [3.63, 3.8) is 0 Å². The Labute approximate surface area is 154 Å². The van der Waals surface area contributed by atoms with Gasteiger partial charge in [-0.25, -0.2) is 0 Å². The molecule has 0 amide bonds. The third-order valence-corrected chi connectivity index (χ3v) is 21.0. The Balaban J connectivity index is 0.000000166. The first kappa shape index (κ1) is 23.0. The standard InChI is InChI=1S/C4H12O2Si2.C3H8OSi.C3H8Si.C2H6O3Si2/c1-7(2)5-8(3,4)6-7;1-5(2)3-4-5;1-4(2)3;1-6-3-7(2,4-6)5-6/h1-4H3;3H2,1-2H3;1H2,2-3H3;1-2H3. The molecule has 2 bridgehead atoms. The van der Waals surface area contributed by atoms with Gasteiger partial charge in [0.2, 0.25) is 8.32 Å². The van der Waals surface area contributed by atoms with Crippen molar-refractivity contribution < 1.29 is 25.0 Å². The highest BCUT2D eigenvalue weighted by Gasteiger charge is 2.76. The summed E-state index contributed by atoms with van der Waals surface area (Å²) in [6.07, 6.45) is 4.83.